The van der Waals surface area contributed by atoms with Crippen molar-refractivity contribution in [2.24, 2.45) is 0 Å². The molecule has 3 N–H and O–H groups in total. The normalized spacial score (nSPS) is 20.8. The summed E-state index contributed by atoms with van der Waals surface area (Å²) < 4.78 is 5.93. The number of nitrogens with zero attached hydrogens (tertiary/aromatic N) is 4. The number of hydrogen-bond donors (Lipinski definition) is 2. The van der Waals surface area contributed by atoms with Crippen molar-refractivity contribution in [1.82, 2.24) is 20.3 Å². The van der Waals surface area contributed by atoms with Gasteiger partial charge in [-0.25, -0.2) is 15.0 Å². The van der Waals surface area contributed by atoms with Gasteiger partial charge in [-0.05, 0) is 32.4 Å². The van der Waals surface area contributed by atoms with Gasteiger partial charge in [0.25, 0.3) is 0 Å². The molecule has 1 fully saturated rings. The van der Waals surface area contributed by atoms with Crippen LogP contribution in [-0.4, -0.2) is 42.2 Å². The maximum absolute atomic E-state index is 6.66. The van der Waals surface area contributed by atoms with E-state index in [-0.39, 0.29) is 12.1 Å². The predicted octanol–water partition coefficient (Wildman–Crippen LogP) is 3.21. The number of benzene rings is 1. The third-order valence-corrected chi connectivity index (χ3v) is 6.58. The molecular weight excluding hydrogens is 376 g/mol. The lowest BCUT2D eigenvalue weighted by Crippen LogP contribution is -2.41. The van der Waals surface area contributed by atoms with Crippen molar-refractivity contribution in [2.45, 2.75) is 38.8 Å². The smallest absolute Gasteiger partial charge is 0.153 e. The molecule has 4 rings (SSSR count). The summed E-state index contributed by atoms with van der Waals surface area (Å²) in [5.74, 6) is 2.69. The van der Waals surface area contributed by atoms with Crippen LogP contribution in [0.1, 0.15) is 54.1 Å². The summed E-state index contributed by atoms with van der Waals surface area (Å²) in [6, 6.07) is 2.07. The summed E-state index contributed by atoms with van der Waals surface area (Å²) in [7, 11) is 3.78. The number of rotatable bonds is 4. The first-order valence-corrected chi connectivity index (χ1v) is 9.94. The van der Waals surface area contributed by atoms with Crippen molar-refractivity contribution < 1.29 is 4.74 Å². The van der Waals surface area contributed by atoms with Gasteiger partial charge in [-0.2, -0.15) is 0 Å². The van der Waals surface area contributed by atoms with Crippen LogP contribution in [0.2, 0.25) is 5.02 Å². The Morgan fingerprint density at radius 1 is 1.32 bits per heavy atom. The molecular formula is C20H27ClN6O. The van der Waals surface area contributed by atoms with Crippen LogP contribution >= 0.6 is 11.6 Å². The van der Waals surface area contributed by atoms with Gasteiger partial charge in [-0.15, -0.1) is 0 Å². The highest BCUT2D eigenvalue weighted by atomic mass is 35.5. The first-order valence-electron chi connectivity index (χ1n) is 9.56. The van der Waals surface area contributed by atoms with Crippen molar-refractivity contribution in [2.75, 3.05) is 38.0 Å². The third kappa shape index (κ3) is 2.72. The van der Waals surface area contributed by atoms with E-state index in [1.165, 1.54) is 11.9 Å². The Labute approximate surface area is 170 Å². The average Bonchev–Trinajstić information content (AvgIpc) is 2.88. The number of nitrogen functional groups attached to an aromatic ring is 1. The topological polar surface area (TPSA) is 79.5 Å². The second-order valence-corrected chi connectivity index (χ2v) is 8.05. The van der Waals surface area contributed by atoms with E-state index in [1.807, 2.05) is 13.1 Å². The van der Waals surface area contributed by atoms with Crippen LogP contribution < -0.4 is 20.8 Å². The van der Waals surface area contributed by atoms with E-state index >= 15 is 0 Å². The van der Waals surface area contributed by atoms with Gasteiger partial charge in [0.1, 0.15) is 17.9 Å². The molecule has 1 aromatic carbocycles. The van der Waals surface area contributed by atoms with Crippen molar-refractivity contribution in [3.8, 4) is 5.75 Å². The van der Waals surface area contributed by atoms with Gasteiger partial charge >= 0.3 is 0 Å². The maximum Gasteiger partial charge on any atom is 0.153 e. The highest BCUT2D eigenvalue weighted by Gasteiger charge is 2.39. The summed E-state index contributed by atoms with van der Waals surface area (Å²) >= 11 is 6.66. The second-order valence-electron chi connectivity index (χ2n) is 7.64. The van der Waals surface area contributed by atoms with E-state index in [2.05, 4.69) is 46.1 Å². The minimum atomic E-state index is -0.0390. The second kappa shape index (κ2) is 7.06. The molecule has 8 heteroatoms. The number of aromatic nitrogens is 2. The fraction of sp³-hybridized carbons (Fsp3) is 0.500. The first-order chi connectivity index (χ1) is 13.4. The lowest BCUT2D eigenvalue weighted by Gasteiger charge is -2.37. The van der Waals surface area contributed by atoms with Crippen LogP contribution in [0.3, 0.4) is 0 Å². The highest BCUT2D eigenvalue weighted by Crippen LogP contribution is 2.47. The SMILES string of the molecule is COc1c(C(C)N2c3ncnc(N)c3C(C)N2C)cc(Cl)c(C)c1C1CNC1. The molecule has 0 bridgehead atoms. The van der Waals surface area contributed by atoms with Gasteiger partial charge < -0.3 is 15.8 Å². The summed E-state index contributed by atoms with van der Waals surface area (Å²) in [5, 5.41) is 8.42. The highest BCUT2D eigenvalue weighted by molar-refractivity contribution is 6.31. The quantitative estimate of drug-likeness (QED) is 0.812. The minimum Gasteiger partial charge on any atom is -0.496 e. The molecule has 2 aliphatic rings. The molecule has 0 radical (unpaired) electrons. The number of halogens is 1. The minimum absolute atomic E-state index is 0.0390. The van der Waals surface area contributed by atoms with Gasteiger partial charge in [0.2, 0.25) is 0 Å². The lowest BCUT2D eigenvalue weighted by molar-refractivity contribution is 0.240. The van der Waals surface area contributed by atoms with Gasteiger partial charge in [-0.1, -0.05) is 11.6 Å². The van der Waals surface area contributed by atoms with E-state index in [1.54, 1.807) is 7.11 Å². The van der Waals surface area contributed by atoms with Gasteiger partial charge in [-0.3, -0.25) is 5.01 Å². The zero-order valence-electron chi connectivity index (χ0n) is 17.0. The molecule has 28 heavy (non-hydrogen) atoms. The number of hydrogen-bond acceptors (Lipinski definition) is 7. The van der Waals surface area contributed by atoms with E-state index < -0.39 is 0 Å². The van der Waals surface area contributed by atoms with Crippen molar-refractivity contribution >= 4 is 23.2 Å². The Morgan fingerprint density at radius 2 is 2.04 bits per heavy atom. The van der Waals surface area contributed by atoms with Crippen LogP contribution in [0.4, 0.5) is 11.6 Å². The standard InChI is InChI=1S/C20H27ClN6O/c1-10-15(21)6-14(18(28-5)16(10)13-7-23-8-13)11(2)27-20-17(12(3)26(27)4)19(22)24-9-25-20/h6,9,11-13,23H,7-8H2,1-5H3,(H2,22,24,25). The molecule has 0 aliphatic carbocycles. The van der Waals surface area contributed by atoms with E-state index in [0.29, 0.717) is 11.7 Å². The average molecular weight is 403 g/mol. The Morgan fingerprint density at radius 3 is 2.64 bits per heavy atom. The summed E-state index contributed by atoms with van der Waals surface area (Å²) in [6.07, 6.45) is 1.52. The van der Waals surface area contributed by atoms with Crippen LogP contribution in [0.5, 0.6) is 5.75 Å². The first kappa shape index (κ1) is 19.2. The number of fused-ring (bicyclic) bond motifs is 1. The molecule has 0 amide bonds. The zero-order chi connectivity index (χ0) is 20.2. The van der Waals surface area contributed by atoms with Crippen molar-refractivity contribution in [3.63, 3.8) is 0 Å². The number of methoxy groups -OCH3 is 1. The fourth-order valence-corrected chi connectivity index (χ4v) is 4.60. The number of ether oxygens (including phenoxy) is 1. The third-order valence-electron chi connectivity index (χ3n) is 6.19. The molecule has 7 nitrogen and oxygen atoms in total. The van der Waals surface area contributed by atoms with Gasteiger partial charge in [0, 0.05) is 42.2 Å². The monoisotopic (exact) mass is 402 g/mol. The van der Waals surface area contributed by atoms with Crippen molar-refractivity contribution in [3.05, 3.63) is 39.7 Å². The molecule has 0 saturated carbocycles. The number of nitrogens with one attached hydrogen (secondary N) is 1. The van der Waals surface area contributed by atoms with Crippen LogP contribution in [0, 0.1) is 6.92 Å². The Balaban J connectivity index is 1.84. The number of anilines is 2. The van der Waals surface area contributed by atoms with Gasteiger partial charge in [0.05, 0.1) is 24.8 Å². The zero-order valence-corrected chi connectivity index (χ0v) is 17.7. The fourth-order valence-electron chi connectivity index (χ4n) is 4.38. The van der Waals surface area contributed by atoms with Crippen LogP contribution in [0.15, 0.2) is 12.4 Å². The molecule has 2 atom stereocenters. The molecule has 1 saturated heterocycles. The molecule has 150 valence electrons. The summed E-state index contributed by atoms with van der Waals surface area (Å²) in [4.78, 5) is 8.72. The van der Waals surface area contributed by atoms with Crippen LogP contribution in [-0.2, 0) is 0 Å². The Bertz CT molecular complexity index is 916. The number of hydrazine groups is 1. The molecule has 2 unspecified atom stereocenters. The molecule has 1 aromatic heterocycles. The van der Waals surface area contributed by atoms with Gasteiger partial charge in [0.15, 0.2) is 5.82 Å². The largest absolute Gasteiger partial charge is 0.496 e. The van der Waals surface area contributed by atoms with E-state index in [9.17, 15) is 0 Å². The molecule has 0 spiro atoms. The van der Waals surface area contributed by atoms with Crippen molar-refractivity contribution in [1.29, 1.82) is 0 Å². The molecule has 2 aromatic rings. The maximum atomic E-state index is 6.66. The number of nitrogens with two attached hydrogens (primary N) is 1. The molecule has 3 heterocycles. The Kier molecular flexibility index (Phi) is 4.85. The summed E-state index contributed by atoms with van der Waals surface area (Å²) in [5.41, 5.74) is 10.5. The summed E-state index contributed by atoms with van der Waals surface area (Å²) in [6.45, 7) is 8.20. The predicted molar refractivity (Wildman–Crippen MR) is 112 cm³/mol. The Hall–Kier alpha value is -2.09. The van der Waals surface area contributed by atoms with E-state index in [0.717, 1.165) is 46.4 Å². The lowest BCUT2D eigenvalue weighted by atomic mass is 9.86. The van der Waals surface area contributed by atoms with E-state index in [4.69, 9.17) is 22.1 Å². The molecule has 2 aliphatic heterocycles. The van der Waals surface area contributed by atoms with Crippen LogP contribution in [0.25, 0.3) is 0 Å².